The Kier molecular flexibility index (Phi) is 3.39. The summed E-state index contributed by atoms with van der Waals surface area (Å²) >= 11 is 0. The zero-order valence-electron chi connectivity index (χ0n) is 11.1. The van der Waals surface area contributed by atoms with E-state index in [1.165, 1.54) is 29.2 Å². The topological polar surface area (TPSA) is 49.4 Å². The lowest BCUT2D eigenvalue weighted by atomic mass is 10.2. The number of halogens is 1. The number of hydrogen-bond donors (Lipinski definition) is 1. The quantitative estimate of drug-likeness (QED) is 0.881. The molecule has 21 heavy (non-hydrogen) atoms. The van der Waals surface area contributed by atoms with Crippen LogP contribution in [0, 0.1) is 5.82 Å². The average Bonchev–Trinajstić information content (AvgIpc) is 2.77. The largest absolute Gasteiger partial charge is 0.373 e. The van der Waals surface area contributed by atoms with Crippen molar-refractivity contribution in [3.63, 3.8) is 0 Å². The lowest BCUT2D eigenvalue weighted by Gasteiger charge is -2.16. The number of imide groups is 1. The van der Waals surface area contributed by atoms with Crippen molar-refractivity contribution in [3.05, 3.63) is 60.4 Å². The second kappa shape index (κ2) is 5.36. The molecule has 5 heteroatoms. The molecular formula is C16H13FN2O2. The maximum Gasteiger partial charge on any atom is 0.256 e. The molecule has 0 spiro atoms. The fraction of sp³-hybridized carbons (Fsp3) is 0.125. The van der Waals surface area contributed by atoms with E-state index in [-0.39, 0.29) is 24.1 Å². The van der Waals surface area contributed by atoms with Crippen molar-refractivity contribution in [2.24, 2.45) is 0 Å². The number of nitrogens with zero attached hydrogens (tertiary/aromatic N) is 1. The summed E-state index contributed by atoms with van der Waals surface area (Å²) in [5, 5.41) is 2.97. The smallest absolute Gasteiger partial charge is 0.256 e. The summed E-state index contributed by atoms with van der Waals surface area (Å²) < 4.78 is 12.9. The third-order valence-corrected chi connectivity index (χ3v) is 3.35. The van der Waals surface area contributed by atoms with Crippen LogP contribution in [0.3, 0.4) is 0 Å². The molecule has 0 aromatic heterocycles. The van der Waals surface area contributed by atoms with Crippen molar-refractivity contribution in [3.8, 4) is 0 Å². The minimum atomic E-state index is -0.622. The standard InChI is InChI=1S/C16H13FN2O2/c17-11-6-8-12(9-7-11)18-14-10-15(20)19(16(14)21)13-4-2-1-3-5-13/h1-9,14,18H,10H2/t14-/m1/s1. The Morgan fingerprint density at radius 3 is 2.33 bits per heavy atom. The van der Waals surface area contributed by atoms with Crippen molar-refractivity contribution in [1.82, 2.24) is 0 Å². The fourth-order valence-corrected chi connectivity index (χ4v) is 2.34. The number of anilines is 2. The molecule has 0 bridgehead atoms. The number of hydrogen-bond acceptors (Lipinski definition) is 3. The van der Waals surface area contributed by atoms with Crippen molar-refractivity contribution in [2.45, 2.75) is 12.5 Å². The van der Waals surface area contributed by atoms with E-state index in [0.29, 0.717) is 11.4 Å². The van der Waals surface area contributed by atoms with E-state index in [9.17, 15) is 14.0 Å². The maximum absolute atomic E-state index is 12.9. The third kappa shape index (κ3) is 2.63. The molecular weight excluding hydrogens is 271 g/mol. The van der Waals surface area contributed by atoms with Gasteiger partial charge in [0.25, 0.3) is 5.91 Å². The normalized spacial score (nSPS) is 18.1. The van der Waals surface area contributed by atoms with E-state index >= 15 is 0 Å². The molecule has 2 aromatic rings. The first-order chi connectivity index (χ1) is 10.1. The second-order valence-electron chi connectivity index (χ2n) is 4.81. The minimum absolute atomic E-state index is 0.0884. The number of nitrogens with one attached hydrogen (secondary N) is 1. The molecule has 0 aliphatic carbocycles. The van der Waals surface area contributed by atoms with Gasteiger partial charge in [-0.1, -0.05) is 18.2 Å². The zero-order valence-corrected chi connectivity index (χ0v) is 11.1. The van der Waals surface area contributed by atoms with Gasteiger partial charge in [0.2, 0.25) is 5.91 Å². The summed E-state index contributed by atoms with van der Waals surface area (Å²) in [5.41, 5.74) is 1.17. The van der Waals surface area contributed by atoms with Gasteiger partial charge in [-0.15, -0.1) is 0 Å². The highest BCUT2D eigenvalue weighted by Gasteiger charge is 2.39. The van der Waals surface area contributed by atoms with Crippen LogP contribution in [0.2, 0.25) is 0 Å². The highest BCUT2D eigenvalue weighted by molar-refractivity contribution is 6.23. The van der Waals surface area contributed by atoms with E-state index in [1.54, 1.807) is 24.3 Å². The summed E-state index contributed by atoms with van der Waals surface area (Å²) in [4.78, 5) is 25.6. The number of rotatable bonds is 3. The molecule has 1 heterocycles. The Balaban J connectivity index is 1.79. The van der Waals surface area contributed by atoms with Gasteiger partial charge in [-0.2, -0.15) is 0 Å². The van der Waals surface area contributed by atoms with E-state index < -0.39 is 6.04 Å². The maximum atomic E-state index is 12.9. The van der Waals surface area contributed by atoms with Gasteiger partial charge < -0.3 is 5.32 Å². The summed E-state index contributed by atoms with van der Waals surface area (Å²) in [6.07, 6.45) is 0.0884. The predicted octanol–water partition coefficient (Wildman–Crippen LogP) is 2.57. The Morgan fingerprint density at radius 1 is 1.00 bits per heavy atom. The summed E-state index contributed by atoms with van der Waals surface area (Å²) in [5.74, 6) is -0.887. The number of carbonyl (C=O) groups is 2. The molecule has 0 saturated carbocycles. The van der Waals surface area contributed by atoms with E-state index in [1.807, 2.05) is 6.07 Å². The van der Waals surface area contributed by atoms with Crippen LogP contribution < -0.4 is 10.2 Å². The summed E-state index contributed by atoms with van der Waals surface area (Å²) in [6, 6.07) is 13.9. The molecule has 1 N–H and O–H groups in total. The molecule has 1 saturated heterocycles. The molecule has 1 aliphatic rings. The van der Waals surface area contributed by atoms with Crippen LogP contribution in [0.5, 0.6) is 0 Å². The van der Waals surface area contributed by atoms with Crippen LogP contribution in [-0.2, 0) is 9.59 Å². The Labute approximate surface area is 121 Å². The van der Waals surface area contributed by atoms with Gasteiger partial charge in [0.1, 0.15) is 11.9 Å². The Hall–Kier alpha value is -2.69. The molecule has 1 atom stereocenters. The molecule has 4 nitrogen and oxygen atoms in total. The van der Waals surface area contributed by atoms with E-state index in [2.05, 4.69) is 5.32 Å². The molecule has 1 aliphatic heterocycles. The molecule has 0 unspecified atom stereocenters. The van der Waals surface area contributed by atoms with Crippen LogP contribution in [0.25, 0.3) is 0 Å². The molecule has 2 aromatic carbocycles. The molecule has 1 fully saturated rings. The second-order valence-corrected chi connectivity index (χ2v) is 4.81. The minimum Gasteiger partial charge on any atom is -0.373 e. The predicted molar refractivity (Wildman–Crippen MR) is 77.4 cm³/mol. The first-order valence-electron chi connectivity index (χ1n) is 6.59. The van der Waals surface area contributed by atoms with Crippen LogP contribution in [0.1, 0.15) is 6.42 Å². The van der Waals surface area contributed by atoms with Crippen LogP contribution in [0.15, 0.2) is 54.6 Å². The Bertz CT molecular complexity index is 670. The van der Waals surface area contributed by atoms with Gasteiger partial charge >= 0.3 is 0 Å². The lowest BCUT2D eigenvalue weighted by Crippen LogP contribution is -2.34. The van der Waals surface area contributed by atoms with Gasteiger partial charge in [-0.25, -0.2) is 9.29 Å². The number of para-hydroxylation sites is 1. The van der Waals surface area contributed by atoms with Crippen molar-refractivity contribution < 1.29 is 14.0 Å². The van der Waals surface area contributed by atoms with Crippen LogP contribution in [-0.4, -0.2) is 17.9 Å². The van der Waals surface area contributed by atoms with Gasteiger partial charge in [-0.05, 0) is 36.4 Å². The Morgan fingerprint density at radius 2 is 1.67 bits per heavy atom. The van der Waals surface area contributed by atoms with Crippen molar-refractivity contribution in [1.29, 1.82) is 0 Å². The first kappa shape index (κ1) is 13.3. The number of benzene rings is 2. The first-order valence-corrected chi connectivity index (χ1v) is 6.59. The van der Waals surface area contributed by atoms with Crippen molar-refractivity contribution in [2.75, 3.05) is 10.2 Å². The third-order valence-electron chi connectivity index (χ3n) is 3.35. The highest BCUT2D eigenvalue weighted by atomic mass is 19.1. The van der Waals surface area contributed by atoms with Gasteiger partial charge in [0.15, 0.2) is 0 Å². The summed E-state index contributed by atoms with van der Waals surface area (Å²) in [7, 11) is 0. The van der Waals surface area contributed by atoms with Gasteiger partial charge in [0.05, 0.1) is 12.1 Å². The zero-order chi connectivity index (χ0) is 14.8. The molecule has 106 valence electrons. The number of amides is 2. The average molecular weight is 284 g/mol. The SMILES string of the molecule is O=C1C[C@@H](Nc2ccc(F)cc2)C(=O)N1c1ccccc1. The highest BCUT2D eigenvalue weighted by Crippen LogP contribution is 2.24. The van der Waals surface area contributed by atoms with Crippen molar-refractivity contribution >= 4 is 23.2 Å². The number of carbonyl (C=O) groups excluding carboxylic acids is 2. The van der Waals surface area contributed by atoms with E-state index in [0.717, 1.165) is 0 Å². The van der Waals surface area contributed by atoms with Crippen LogP contribution in [0.4, 0.5) is 15.8 Å². The summed E-state index contributed by atoms with van der Waals surface area (Å²) in [6.45, 7) is 0. The molecule has 3 rings (SSSR count). The molecule has 2 amide bonds. The van der Waals surface area contributed by atoms with Crippen LogP contribution >= 0.6 is 0 Å². The monoisotopic (exact) mass is 284 g/mol. The van der Waals surface area contributed by atoms with E-state index in [4.69, 9.17) is 0 Å². The molecule has 0 radical (unpaired) electrons. The van der Waals surface area contributed by atoms with Gasteiger partial charge in [-0.3, -0.25) is 9.59 Å². The van der Waals surface area contributed by atoms with Gasteiger partial charge in [0, 0.05) is 5.69 Å². The fourth-order valence-electron chi connectivity index (χ4n) is 2.34. The lowest BCUT2D eigenvalue weighted by molar-refractivity contribution is -0.121.